The first-order chi connectivity index (χ1) is 6.84. The first-order valence-electron chi connectivity index (χ1n) is 4.74. The maximum atomic E-state index is 11.6. The van der Waals surface area contributed by atoms with E-state index >= 15 is 0 Å². The number of aryl methyl sites for hydroxylation is 1. The van der Waals surface area contributed by atoms with Crippen LogP contribution in [0.3, 0.4) is 0 Å². The fraction of sp³-hybridized carbons (Fsp3) is 0.455. The number of hydrogen-bond donors (Lipinski definition) is 1. The first-order valence-corrected chi connectivity index (χ1v) is 4.74. The maximum absolute atomic E-state index is 11.6. The SMILES string of the molecule is Cc1cccn(CC(C)(C)C(=O)O)c1=O. The molecule has 0 fully saturated rings. The van der Waals surface area contributed by atoms with E-state index < -0.39 is 11.4 Å². The van der Waals surface area contributed by atoms with Gasteiger partial charge in [-0.1, -0.05) is 6.07 Å². The van der Waals surface area contributed by atoms with Gasteiger partial charge in [0.1, 0.15) is 0 Å². The molecule has 0 radical (unpaired) electrons. The predicted octanol–water partition coefficient (Wildman–Crippen LogP) is 1.27. The van der Waals surface area contributed by atoms with Crippen molar-refractivity contribution in [2.24, 2.45) is 5.41 Å². The van der Waals surface area contributed by atoms with Crippen LogP contribution in [0.1, 0.15) is 19.4 Å². The number of pyridine rings is 1. The molecule has 1 aromatic heterocycles. The molecule has 0 aromatic carbocycles. The topological polar surface area (TPSA) is 59.3 Å². The molecule has 4 heteroatoms. The molecule has 0 saturated heterocycles. The van der Waals surface area contributed by atoms with Crippen LogP contribution in [0.2, 0.25) is 0 Å². The Morgan fingerprint density at radius 2 is 2.13 bits per heavy atom. The third-order valence-corrected chi connectivity index (χ3v) is 2.36. The Bertz CT molecular complexity index is 432. The number of carboxylic acids is 1. The molecule has 0 bridgehead atoms. The van der Waals surface area contributed by atoms with E-state index in [2.05, 4.69) is 0 Å². The van der Waals surface area contributed by atoms with Gasteiger partial charge in [-0.25, -0.2) is 0 Å². The highest BCUT2D eigenvalue weighted by Gasteiger charge is 2.27. The summed E-state index contributed by atoms with van der Waals surface area (Å²) in [6, 6.07) is 3.46. The molecule has 4 nitrogen and oxygen atoms in total. The van der Waals surface area contributed by atoms with Crippen molar-refractivity contribution in [2.75, 3.05) is 0 Å². The molecule has 82 valence electrons. The van der Waals surface area contributed by atoms with E-state index in [1.807, 2.05) is 0 Å². The van der Waals surface area contributed by atoms with Gasteiger partial charge in [0.25, 0.3) is 5.56 Å². The quantitative estimate of drug-likeness (QED) is 0.815. The molecule has 0 aliphatic heterocycles. The molecule has 0 aliphatic carbocycles. The first kappa shape index (κ1) is 11.5. The van der Waals surface area contributed by atoms with Crippen molar-refractivity contribution in [1.29, 1.82) is 0 Å². The maximum Gasteiger partial charge on any atom is 0.310 e. The third kappa shape index (κ3) is 2.46. The molecule has 0 amide bonds. The molecule has 1 rings (SSSR count). The largest absolute Gasteiger partial charge is 0.481 e. The zero-order chi connectivity index (χ0) is 11.6. The summed E-state index contributed by atoms with van der Waals surface area (Å²) in [6.45, 7) is 5.10. The van der Waals surface area contributed by atoms with Crippen LogP contribution in [0.5, 0.6) is 0 Å². The highest BCUT2D eigenvalue weighted by Crippen LogP contribution is 2.17. The molecule has 0 aliphatic rings. The number of rotatable bonds is 3. The predicted molar refractivity (Wildman–Crippen MR) is 56.9 cm³/mol. The lowest BCUT2D eigenvalue weighted by molar-refractivity contribution is -0.147. The Labute approximate surface area is 88.2 Å². The number of nitrogens with zero attached hydrogens (tertiary/aromatic N) is 1. The lowest BCUT2D eigenvalue weighted by Gasteiger charge is -2.20. The lowest BCUT2D eigenvalue weighted by atomic mass is 9.94. The van der Waals surface area contributed by atoms with E-state index in [1.165, 1.54) is 4.57 Å². The monoisotopic (exact) mass is 209 g/mol. The Kier molecular flexibility index (Phi) is 2.98. The molecular weight excluding hydrogens is 194 g/mol. The van der Waals surface area contributed by atoms with Crippen LogP contribution in [0.4, 0.5) is 0 Å². The van der Waals surface area contributed by atoms with Gasteiger partial charge in [-0.3, -0.25) is 9.59 Å². The van der Waals surface area contributed by atoms with Gasteiger partial charge in [0, 0.05) is 18.3 Å². The van der Waals surface area contributed by atoms with Crippen molar-refractivity contribution in [2.45, 2.75) is 27.3 Å². The average molecular weight is 209 g/mol. The summed E-state index contributed by atoms with van der Waals surface area (Å²) < 4.78 is 1.43. The van der Waals surface area contributed by atoms with E-state index in [0.717, 1.165) is 0 Å². The number of carboxylic acid groups (broad SMARTS) is 1. The second kappa shape index (κ2) is 3.88. The number of carbonyl (C=O) groups is 1. The van der Waals surface area contributed by atoms with Crippen LogP contribution >= 0.6 is 0 Å². The van der Waals surface area contributed by atoms with Crippen molar-refractivity contribution in [3.63, 3.8) is 0 Å². The van der Waals surface area contributed by atoms with Crippen molar-refractivity contribution < 1.29 is 9.90 Å². The molecule has 0 atom stereocenters. The molecule has 1 heterocycles. The molecule has 0 saturated carbocycles. The van der Waals surface area contributed by atoms with Gasteiger partial charge in [0.05, 0.1) is 5.41 Å². The van der Waals surface area contributed by atoms with Crippen LogP contribution in [-0.2, 0) is 11.3 Å². The van der Waals surface area contributed by atoms with Crippen LogP contribution in [0.15, 0.2) is 23.1 Å². The van der Waals surface area contributed by atoms with E-state index in [1.54, 1.807) is 39.1 Å². The van der Waals surface area contributed by atoms with Crippen LogP contribution in [0.25, 0.3) is 0 Å². The van der Waals surface area contributed by atoms with Gasteiger partial charge in [0.15, 0.2) is 0 Å². The summed E-state index contributed by atoms with van der Waals surface area (Å²) in [7, 11) is 0. The fourth-order valence-corrected chi connectivity index (χ4v) is 1.27. The number of hydrogen-bond acceptors (Lipinski definition) is 2. The Hall–Kier alpha value is -1.58. The summed E-state index contributed by atoms with van der Waals surface area (Å²) >= 11 is 0. The highest BCUT2D eigenvalue weighted by atomic mass is 16.4. The highest BCUT2D eigenvalue weighted by molar-refractivity contribution is 5.73. The molecule has 1 N–H and O–H groups in total. The zero-order valence-electron chi connectivity index (χ0n) is 9.15. The van der Waals surface area contributed by atoms with Gasteiger partial charge in [-0.2, -0.15) is 0 Å². The standard InChI is InChI=1S/C11H15NO3/c1-8-5-4-6-12(9(8)13)7-11(2,3)10(14)15/h4-6H,7H2,1-3H3,(H,14,15). The zero-order valence-corrected chi connectivity index (χ0v) is 9.15. The lowest BCUT2D eigenvalue weighted by Crippen LogP contribution is -2.34. The molecule has 0 spiro atoms. The fourth-order valence-electron chi connectivity index (χ4n) is 1.27. The van der Waals surface area contributed by atoms with Crippen LogP contribution in [-0.4, -0.2) is 15.6 Å². The van der Waals surface area contributed by atoms with Gasteiger partial charge >= 0.3 is 5.97 Å². The molecule has 1 aromatic rings. The van der Waals surface area contributed by atoms with E-state index in [4.69, 9.17) is 5.11 Å². The van der Waals surface area contributed by atoms with E-state index in [0.29, 0.717) is 5.56 Å². The van der Waals surface area contributed by atoms with Gasteiger partial charge in [-0.05, 0) is 26.8 Å². The Morgan fingerprint density at radius 1 is 1.53 bits per heavy atom. The summed E-state index contributed by atoms with van der Waals surface area (Å²) in [5, 5.41) is 8.95. The van der Waals surface area contributed by atoms with Gasteiger partial charge < -0.3 is 9.67 Å². The summed E-state index contributed by atoms with van der Waals surface area (Å²) in [6.07, 6.45) is 1.61. The van der Waals surface area contributed by atoms with Gasteiger partial charge in [0.2, 0.25) is 0 Å². The Morgan fingerprint density at radius 3 is 2.67 bits per heavy atom. The summed E-state index contributed by atoms with van der Waals surface area (Å²) in [5.41, 5.74) is -0.442. The summed E-state index contributed by atoms with van der Waals surface area (Å²) in [5.74, 6) is -0.907. The van der Waals surface area contributed by atoms with E-state index in [9.17, 15) is 9.59 Å². The van der Waals surface area contributed by atoms with Crippen molar-refractivity contribution >= 4 is 5.97 Å². The van der Waals surface area contributed by atoms with Crippen molar-refractivity contribution in [3.05, 3.63) is 34.2 Å². The molecule has 0 unspecified atom stereocenters. The van der Waals surface area contributed by atoms with Gasteiger partial charge in [-0.15, -0.1) is 0 Å². The average Bonchev–Trinajstić information content (AvgIpc) is 2.12. The van der Waals surface area contributed by atoms with Crippen molar-refractivity contribution in [1.82, 2.24) is 4.57 Å². The minimum absolute atomic E-state index is 0.133. The smallest absolute Gasteiger partial charge is 0.310 e. The molecule has 15 heavy (non-hydrogen) atoms. The van der Waals surface area contributed by atoms with Crippen LogP contribution < -0.4 is 5.56 Å². The third-order valence-electron chi connectivity index (χ3n) is 2.36. The number of aromatic nitrogens is 1. The minimum Gasteiger partial charge on any atom is -0.481 e. The Balaban J connectivity index is 3.06. The second-order valence-electron chi connectivity index (χ2n) is 4.31. The molecular formula is C11H15NO3. The normalized spacial score (nSPS) is 11.4. The second-order valence-corrected chi connectivity index (χ2v) is 4.31. The van der Waals surface area contributed by atoms with E-state index in [-0.39, 0.29) is 12.1 Å². The van der Waals surface area contributed by atoms with Crippen LogP contribution in [0, 0.1) is 12.3 Å². The minimum atomic E-state index is -0.933. The summed E-state index contributed by atoms with van der Waals surface area (Å²) in [4.78, 5) is 22.5. The van der Waals surface area contributed by atoms with Crippen molar-refractivity contribution in [3.8, 4) is 0 Å². The number of aliphatic carboxylic acids is 1.